The van der Waals surface area contributed by atoms with Crippen LogP contribution in [0.2, 0.25) is 5.02 Å². The molecule has 19 heavy (non-hydrogen) atoms. The highest BCUT2D eigenvalue weighted by molar-refractivity contribution is 7.89. The first-order valence-electron chi connectivity index (χ1n) is 5.47. The number of hydrogen-bond acceptors (Lipinski definition) is 4. The molecule has 0 aliphatic heterocycles. The summed E-state index contributed by atoms with van der Waals surface area (Å²) in [6.07, 6.45) is 1.58. The van der Waals surface area contributed by atoms with Crippen molar-refractivity contribution in [2.24, 2.45) is 5.14 Å². The van der Waals surface area contributed by atoms with Gasteiger partial charge in [-0.05, 0) is 36.8 Å². The molecule has 0 radical (unpaired) electrons. The normalized spacial score (nSPS) is 11.5. The molecule has 7 heteroatoms. The first-order valence-corrected chi connectivity index (χ1v) is 7.39. The summed E-state index contributed by atoms with van der Waals surface area (Å²) in [4.78, 5) is -0.0739. The molecular weight excluding hydrogens is 288 g/mol. The topological polar surface area (TPSA) is 85.3 Å². The Balaban J connectivity index is 2.26. The van der Waals surface area contributed by atoms with Crippen LogP contribution in [0.3, 0.4) is 0 Å². The highest BCUT2D eigenvalue weighted by Crippen LogP contribution is 2.28. The maximum Gasteiger partial charge on any atom is 0.239 e. The Labute approximate surface area is 116 Å². The summed E-state index contributed by atoms with van der Waals surface area (Å²) in [7, 11) is -3.81. The molecule has 0 unspecified atom stereocenters. The lowest BCUT2D eigenvalue weighted by atomic mass is 10.2. The Kier molecular flexibility index (Phi) is 3.84. The summed E-state index contributed by atoms with van der Waals surface area (Å²) >= 11 is 5.92. The fourth-order valence-corrected chi connectivity index (χ4v) is 2.82. The van der Waals surface area contributed by atoms with Gasteiger partial charge < -0.3 is 9.73 Å². The molecule has 0 fully saturated rings. The zero-order valence-electron chi connectivity index (χ0n) is 10.2. The molecule has 102 valence electrons. The molecule has 1 heterocycles. The van der Waals surface area contributed by atoms with Crippen molar-refractivity contribution in [3.8, 4) is 0 Å². The number of sulfonamides is 1. The molecule has 2 rings (SSSR count). The first kappa shape index (κ1) is 13.9. The Bertz CT molecular complexity index is 681. The molecule has 5 nitrogen and oxygen atoms in total. The minimum atomic E-state index is -3.81. The maximum atomic E-state index is 11.3. The van der Waals surface area contributed by atoms with Gasteiger partial charge in [0.25, 0.3) is 0 Å². The summed E-state index contributed by atoms with van der Waals surface area (Å²) in [6.45, 7) is 2.26. The van der Waals surface area contributed by atoms with Crippen molar-refractivity contribution in [3.05, 3.63) is 46.9 Å². The minimum absolute atomic E-state index is 0.0739. The molecule has 0 amide bonds. The molecule has 1 aromatic carbocycles. The van der Waals surface area contributed by atoms with Crippen molar-refractivity contribution in [2.45, 2.75) is 18.4 Å². The van der Waals surface area contributed by atoms with Gasteiger partial charge in [-0.1, -0.05) is 11.6 Å². The number of halogens is 1. The third-order valence-corrected chi connectivity index (χ3v) is 3.99. The number of benzene rings is 1. The first-order chi connectivity index (χ1) is 8.88. The third-order valence-electron chi connectivity index (χ3n) is 2.62. The Morgan fingerprint density at radius 2 is 2.16 bits per heavy atom. The summed E-state index contributed by atoms with van der Waals surface area (Å²) in [5, 5.41) is 8.29. The predicted molar refractivity (Wildman–Crippen MR) is 73.6 cm³/mol. The molecule has 0 spiro atoms. The zero-order chi connectivity index (χ0) is 14.0. The van der Waals surface area contributed by atoms with Gasteiger partial charge in [0.1, 0.15) is 10.7 Å². The van der Waals surface area contributed by atoms with Crippen molar-refractivity contribution < 1.29 is 12.8 Å². The molecule has 2 aromatic rings. The maximum absolute atomic E-state index is 11.3. The lowest BCUT2D eigenvalue weighted by Gasteiger charge is -2.11. The summed E-state index contributed by atoms with van der Waals surface area (Å²) in [6, 6.07) is 6.62. The van der Waals surface area contributed by atoms with Crippen LogP contribution in [-0.4, -0.2) is 8.42 Å². The minimum Gasteiger partial charge on any atom is -0.467 e. The van der Waals surface area contributed by atoms with E-state index in [0.717, 1.165) is 17.0 Å². The average molecular weight is 301 g/mol. The van der Waals surface area contributed by atoms with E-state index in [4.69, 9.17) is 21.2 Å². The number of anilines is 1. The molecular formula is C12H13ClN2O3S. The Hall–Kier alpha value is -1.50. The van der Waals surface area contributed by atoms with Gasteiger partial charge in [-0.15, -0.1) is 0 Å². The van der Waals surface area contributed by atoms with E-state index in [9.17, 15) is 8.42 Å². The number of nitrogens with two attached hydrogens (primary N) is 1. The second kappa shape index (κ2) is 5.24. The van der Waals surface area contributed by atoms with Crippen LogP contribution in [-0.2, 0) is 16.6 Å². The average Bonchev–Trinajstić information content (AvgIpc) is 2.81. The van der Waals surface area contributed by atoms with Crippen LogP contribution in [0.5, 0.6) is 0 Å². The van der Waals surface area contributed by atoms with E-state index < -0.39 is 10.0 Å². The van der Waals surface area contributed by atoms with Gasteiger partial charge in [-0.3, -0.25) is 0 Å². The number of nitrogens with one attached hydrogen (secondary N) is 1. The SMILES string of the molecule is Cc1cc(S(N)(=O)=O)c(Cl)cc1NCc1ccco1. The van der Waals surface area contributed by atoms with Gasteiger partial charge >= 0.3 is 0 Å². The van der Waals surface area contributed by atoms with E-state index in [1.165, 1.54) is 6.07 Å². The summed E-state index contributed by atoms with van der Waals surface area (Å²) in [5.74, 6) is 0.769. The quantitative estimate of drug-likeness (QED) is 0.908. The lowest BCUT2D eigenvalue weighted by molar-refractivity contribution is 0.518. The van der Waals surface area contributed by atoms with Crippen molar-refractivity contribution in [1.29, 1.82) is 0 Å². The fraction of sp³-hybridized carbons (Fsp3) is 0.167. The van der Waals surface area contributed by atoms with Crippen LogP contribution in [0.15, 0.2) is 39.8 Å². The third kappa shape index (κ3) is 3.28. The number of aryl methyl sites for hydroxylation is 1. The van der Waals surface area contributed by atoms with Gasteiger partial charge in [-0.2, -0.15) is 0 Å². The van der Waals surface area contributed by atoms with Crippen LogP contribution in [0.4, 0.5) is 5.69 Å². The van der Waals surface area contributed by atoms with Gasteiger partial charge in [0, 0.05) is 5.69 Å². The highest BCUT2D eigenvalue weighted by Gasteiger charge is 2.15. The second-order valence-electron chi connectivity index (χ2n) is 4.08. The summed E-state index contributed by atoms with van der Waals surface area (Å²) < 4.78 is 27.8. The van der Waals surface area contributed by atoms with Gasteiger partial charge in [-0.25, -0.2) is 13.6 Å². The molecule has 0 bridgehead atoms. The van der Waals surface area contributed by atoms with Crippen LogP contribution >= 0.6 is 11.6 Å². The molecule has 0 saturated heterocycles. The van der Waals surface area contributed by atoms with Crippen molar-refractivity contribution in [2.75, 3.05) is 5.32 Å². The predicted octanol–water partition coefficient (Wildman–Crippen LogP) is 2.50. The molecule has 1 aromatic heterocycles. The van der Waals surface area contributed by atoms with Crippen molar-refractivity contribution in [3.63, 3.8) is 0 Å². The van der Waals surface area contributed by atoms with Gasteiger partial charge in [0.05, 0.1) is 17.8 Å². The molecule has 0 aliphatic rings. The molecule has 0 saturated carbocycles. The van der Waals surface area contributed by atoms with E-state index in [2.05, 4.69) is 5.32 Å². The van der Waals surface area contributed by atoms with E-state index in [1.54, 1.807) is 25.3 Å². The Morgan fingerprint density at radius 3 is 2.74 bits per heavy atom. The van der Waals surface area contributed by atoms with E-state index in [1.807, 2.05) is 6.07 Å². The fourth-order valence-electron chi connectivity index (χ4n) is 1.66. The monoisotopic (exact) mass is 300 g/mol. The highest BCUT2D eigenvalue weighted by atomic mass is 35.5. The standard InChI is InChI=1S/C12H13ClN2O3S/c1-8-5-12(19(14,16)17)10(13)6-11(8)15-7-9-3-2-4-18-9/h2-6,15H,7H2,1H3,(H2,14,16,17). The van der Waals surface area contributed by atoms with E-state index >= 15 is 0 Å². The van der Waals surface area contributed by atoms with E-state index in [-0.39, 0.29) is 9.92 Å². The molecule has 0 aliphatic carbocycles. The van der Waals surface area contributed by atoms with Crippen LogP contribution < -0.4 is 10.5 Å². The number of primary sulfonamides is 1. The number of rotatable bonds is 4. The van der Waals surface area contributed by atoms with Gasteiger partial charge in [0.2, 0.25) is 10.0 Å². The van der Waals surface area contributed by atoms with Crippen molar-refractivity contribution in [1.82, 2.24) is 0 Å². The van der Waals surface area contributed by atoms with Gasteiger partial charge in [0.15, 0.2) is 0 Å². The summed E-state index contributed by atoms with van der Waals surface area (Å²) in [5.41, 5.74) is 1.47. The van der Waals surface area contributed by atoms with Crippen LogP contribution in [0.1, 0.15) is 11.3 Å². The lowest BCUT2D eigenvalue weighted by Crippen LogP contribution is -2.13. The number of furan rings is 1. The molecule has 3 N–H and O–H groups in total. The zero-order valence-corrected chi connectivity index (χ0v) is 11.8. The van der Waals surface area contributed by atoms with Crippen molar-refractivity contribution >= 4 is 27.3 Å². The van der Waals surface area contributed by atoms with Crippen LogP contribution in [0.25, 0.3) is 0 Å². The Morgan fingerprint density at radius 1 is 1.42 bits per heavy atom. The van der Waals surface area contributed by atoms with E-state index in [0.29, 0.717) is 6.54 Å². The largest absolute Gasteiger partial charge is 0.467 e. The molecule has 0 atom stereocenters. The second-order valence-corrected chi connectivity index (χ2v) is 6.01. The van der Waals surface area contributed by atoms with Crippen LogP contribution in [0, 0.1) is 6.92 Å². The smallest absolute Gasteiger partial charge is 0.239 e. The number of hydrogen-bond donors (Lipinski definition) is 2.